The molecule has 27 heavy (non-hydrogen) atoms. The number of aromatic nitrogens is 2. The summed E-state index contributed by atoms with van der Waals surface area (Å²) in [5, 5.41) is 15.2. The Morgan fingerprint density at radius 2 is 1.89 bits per heavy atom. The predicted octanol–water partition coefficient (Wildman–Crippen LogP) is 3.83. The molecule has 0 saturated heterocycles. The van der Waals surface area contributed by atoms with E-state index in [1.807, 2.05) is 30.3 Å². The highest BCUT2D eigenvalue weighted by atomic mass is 19.1. The first-order chi connectivity index (χ1) is 13.2. The fourth-order valence-electron chi connectivity index (χ4n) is 2.52. The second-order valence-corrected chi connectivity index (χ2v) is 5.81. The Hall–Kier alpha value is -3.19. The molecule has 3 N–H and O–H groups in total. The zero-order chi connectivity index (χ0) is 19.1. The Morgan fingerprint density at radius 1 is 1.07 bits per heavy atom. The van der Waals surface area contributed by atoms with Crippen LogP contribution >= 0.6 is 0 Å². The molecule has 0 atom stereocenters. The second kappa shape index (κ2) is 8.95. The van der Waals surface area contributed by atoms with E-state index in [1.54, 1.807) is 18.2 Å². The fourth-order valence-corrected chi connectivity index (χ4v) is 2.52. The van der Waals surface area contributed by atoms with Crippen molar-refractivity contribution in [3.63, 3.8) is 0 Å². The number of anilines is 3. The number of ether oxygens (including phenoxy) is 1. The first-order valence-corrected chi connectivity index (χ1v) is 8.59. The van der Waals surface area contributed by atoms with Gasteiger partial charge in [0.25, 0.3) is 0 Å². The minimum atomic E-state index is -0.457. The highest BCUT2D eigenvalue weighted by Gasteiger charge is 2.09. The number of rotatable bonds is 8. The number of hydrogen-bond acceptors (Lipinski definition) is 6. The molecule has 0 amide bonds. The van der Waals surface area contributed by atoms with E-state index in [0.29, 0.717) is 30.4 Å². The van der Waals surface area contributed by atoms with Crippen molar-refractivity contribution in [2.45, 2.75) is 6.42 Å². The van der Waals surface area contributed by atoms with E-state index in [9.17, 15) is 4.39 Å². The molecule has 0 bridgehead atoms. The zero-order valence-corrected chi connectivity index (χ0v) is 14.9. The number of nitrogens with one attached hydrogen (secondary N) is 2. The Kier molecular flexibility index (Phi) is 6.17. The molecule has 0 radical (unpaired) electrons. The lowest BCUT2D eigenvalue weighted by atomic mass is 10.1. The molecule has 0 saturated carbocycles. The van der Waals surface area contributed by atoms with Gasteiger partial charge in [-0.3, -0.25) is 0 Å². The van der Waals surface area contributed by atoms with Crippen molar-refractivity contribution in [2.75, 3.05) is 30.9 Å². The number of benzene rings is 2. The molecule has 0 fully saturated rings. The summed E-state index contributed by atoms with van der Waals surface area (Å²) in [6.07, 6.45) is 0.589. The Balaban J connectivity index is 1.90. The molecule has 2 aromatic carbocycles. The van der Waals surface area contributed by atoms with Gasteiger partial charge in [-0.1, -0.05) is 30.3 Å². The van der Waals surface area contributed by atoms with Crippen LogP contribution in [0.25, 0.3) is 11.3 Å². The van der Waals surface area contributed by atoms with Crippen LogP contribution in [-0.4, -0.2) is 35.3 Å². The smallest absolute Gasteiger partial charge is 0.225 e. The Morgan fingerprint density at radius 3 is 2.59 bits per heavy atom. The van der Waals surface area contributed by atoms with Crippen LogP contribution in [-0.2, 0) is 0 Å². The third-order valence-corrected chi connectivity index (χ3v) is 3.84. The lowest BCUT2D eigenvalue weighted by Crippen LogP contribution is -2.08. The molecule has 6 nitrogen and oxygen atoms in total. The van der Waals surface area contributed by atoms with Gasteiger partial charge in [0.15, 0.2) is 11.6 Å². The van der Waals surface area contributed by atoms with Crippen LogP contribution in [0.15, 0.2) is 54.6 Å². The topological polar surface area (TPSA) is 79.3 Å². The largest absolute Gasteiger partial charge is 0.494 e. The van der Waals surface area contributed by atoms with Crippen LogP contribution in [0.5, 0.6) is 5.75 Å². The average Bonchev–Trinajstić information content (AvgIpc) is 2.69. The van der Waals surface area contributed by atoms with Crippen molar-refractivity contribution in [2.24, 2.45) is 0 Å². The minimum Gasteiger partial charge on any atom is -0.494 e. The van der Waals surface area contributed by atoms with Crippen molar-refractivity contribution < 1.29 is 14.2 Å². The zero-order valence-electron chi connectivity index (χ0n) is 14.9. The van der Waals surface area contributed by atoms with E-state index < -0.39 is 5.82 Å². The van der Waals surface area contributed by atoms with E-state index in [1.165, 1.54) is 13.2 Å². The van der Waals surface area contributed by atoms with E-state index >= 15 is 0 Å². The van der Waals surface area contributed by atoms with Gasteiger partial charge in [0.05, 0.1) is 12.8 Å². The first kappa shape index (κ1) is 18.6. The van der Waals surface area contributed by atoms with Gasteiger partial charge < -0.3 is 20.5 Å². The van der Waals surface area contributed by atoms with Gasteiger partial charge in [-0.25, -0.2) is 9.37 Å². The van der Waals surface area contributed by atoms with Gasteiger partial charge in [-0.15, -0.1) is 0 Å². The first-order valence-electron chi connectivity index (χ1n) is 8.59. The summed E-state index contributed by atoms with van der Waals surface area (Å²) < 4.78 is 18.9. The van der Waals surface area contributed by atoms with Crippen LogP contribution in [0.4, 0.5) is 21.8 Å². The van der Waals surface area contributed by atoms with Crippen molar-refractivity contribution in [3.05, 3.63) is 60.4 Å². The maximum Gasteiger partial charge on any atom is 0.225 e. The number of hydrogen-bond donors (Lipinski definition) is 3. The molecule has 3 aromatic rings. The van der Waals surface area contributed by atoms with Gasteiger partial charge in [0.1, 0.15) is 5.82 Å². The summed E-state index contributed by atoms with van der Waals surface area (Å²) in [6.45, 7) is 0.632. The normalized spacial score (nSPS) is 10.5. The van der Waals surface area contributed by atoms with E-state index in [4.69, 9.17) is 9.84 Å². The number of aliphatic hydroxyl groups excluding tert-OH is 1. The van der Waals surface area contributed by atoms with Crippen LogP contribution in [0.2, 0.25) is 0 Å². The second-order valence-electron chi connectivity index (χ2n) is 5.81. The quantitative estimate of drug-likeness (QED) is 0.525. The molecule has 0 spiro atoms. The maximum atomic E-state index is 13.9. The Bertz CT molecular complexity index is 890. The average molecular weight is 368 g/mol. The molecule has 7 heteroatoms. The van der Waals surface area contributed by atoms with Gasteiger partial charge in [0, 0.05) is 36.5 Å². The van der Waals surface area contributed by atoms with Crippen molar-refractivity contribution in [3.8, 4) is 17.0 Å². The van der Waals surface area contributed by atoms with E-state index in [0.717, 1.165) is 11.3 Å². The number of halogens is 1. The highest BCUT2D eigenvalue weighted by molar-refractivity contribution is 5.67. The maximum absolute atomic E-state index is 13.9. The third-order valence-electron chi connectivity index (χ3n) is 3.84. The van der Waals surface area contributed by atoms with Crippen LogP contribution < -0.4 is 15.4 Å². The van der Waals surface area contributed by atoms with Crippen LogP contribution in [0.1, 0.15) is 6.42 Å². The minimum absolute atomic E-state index is 0.0849. The van der Waals surface area contributed by atoms with E-state index in [-0.39, 0.29) is 12.4 Å². The monoisotopic (exact) mass is 368 g/mol. The SMILES string of the molecule is COc1ccc(Nc2cc(-c3ccccc3)nc(NCCCO)n2)cc1F. The summed E-state index contributed by atoms with van der Waals surface area (Å²) >= 11 is 0. The summed E-state index contributed by atoms with van der Waals surface area (Å²) in [4.78, 5) is 8.95. The molecule has 0 aliphatic heterocycles. The summed E-state index contributed by atoms with van der Waals surface area (Å²) in [5.74, 6) is 0.682. The lowest BCUT2D eigenvalue weighted by Gasteiger charge is -2.12. The van der Waals surface area contributed by atoms with Crippen molar-refractivity contribution in [1.82, 2.24) is 9.97 Å². The van der Waals surface area contributed by atoms with Crippen molar-refractivity contribution >= 4 is 17.5 Å². The molecule has 1 heterocycles. The predicted molar refractivity (Wildman–Crippen MR) is 104 cm³/mol. The van der Waals surface area contributed by atoms with Gasteiger partial charge in [0.2, 0.25) is 5.95 Å². The fraction of sp³-hybridized carbons (Fsp3) is 0.200. The summed E-state index contributed by atoms with van der Waals surface area (Å²) in [7, 11) is 1.42. The third kappa shape index (κ3) is 4.92. The molecule has 0 aliphatic carbocycles. The summed E-state index contributed by atoms with van der Waals surface area (Å²) in [5.41, 5.74) is 2.22. The molecular formula is C20H21FN4O2. The summed E-state index contributed by atoms with van der Waals surface area (Å²) in [6, 6.07) is 16.1. The number of aliphatic hydroxyl groups is 1. The highest BCUT2D eigenvalue weighted by Crippen LogP contribution is 2.26. The molecule has 3 rings (SSSR count). The standard InChI is InChI=1S/C20H21FN4O2/c1-27-18-9-8-15(12-16(18)21)23-19-13-17(14-6-3-2-4-7-14)24-20(25-19)22-10-5-11-26/h2-4,6-9,12-13,26H,5,10-11H2,1H3,(H2,22,23,24,25). The molecule has 1 aromatic heterocycles. The van der Waals surface area contributed by atoms with Gasteiger partial charge in [-0.2, -0.15) is 4.98 Å². The van der Waals surface area contributed by atoms with E-state index in [2.05, 4.69) is 20.6 Å². The van der Waals surface area contributed by atoms with Gasteiger partial charge in [-0.05, 0) is 18.6 Å². The van der Waals surface area contributed by atoms with Crippen LogP contribution in [0.3, 0.4) is 0 Å². The molecule has 0 aliphatic rings. The Labute approximate surface area is 157 Å². The lowest BCUT2D eigenvalue weighted by molar-refractivity contribution is 0.292. The number of methoxy groups -OCH3 is 1. The molecule has 140 valence electrons. The van der Waals surface area contributed by atoms with Crippen molar-refractivity contribution in [1.29, 1.82) is 0 Å². The van der Waals surface area contributed by atoms with Gasteiger partial charge >= 0.3 is 0 Å². The molecule has 0 unspecified atom stereocenters. The van der Waals surface area contributed by atoms with Crippen LogP contribution in [0, 0.1) is 5.82 Å². The number of nitrogens with zero attached hydrogens (tertiary/aromatic N) is 2. The molecular weight excluding hydrogens is 347 g/mol.